The molecule has 0 spiro atoms. The molecular formula is C12H15N3O. The average molecular weight is 217 g/mol. The zero-order chi connectivity index (χ0) is 11.0. The molecule has 1 atom stereocenters. The Kier molecular flexibility index (Phi) is 2.29. The number of benzene rings is 1. The van der Waals surface area contributed by atoms with Gasteiger partial charge < -0.3 is 14.6 Å². The maximum atomic E-state index is 5.88. The largest absolute Gasteiger partial charge is 0.489 e. The molecule has 3 rings (SSSR count). The van der Waals surface area contributed by atoms with E-state index < -0.39 is 0 Å². The molecule has 1 fully saturated rings. The quantitative estimate of drug-likeness (QED) is 0.824. The van der Waals surface area contributed by atoms with Crippen LogP contribution in [0.25, 0.3) is 11.0 Å². The predicted octanol–water partition coefficient (Wildman–Crippen LogP) is 1.31. The Morgan fingerprint density at radius 2 is 2.44 bits per heavy atom. The van der Waals surface area contributed by atoms with E-state index in [9.17, 15) is 0 Å². The van der Waals surface area contributed by atoms with Crippen LogP contribution in [0.15, 0.2) is 24.5 Å². The Morgan fingerprint density at radius 3 is 3.25 bits per heavy atom. The van der Waals surface area contributed by atoms with Crippen molar-refractivity contribution in [2.75, 3.05) is 13.1 Å². The zero-order valence-corrected chi connectivity index (χ0v) is 9.31. The predicted molar refractivity (Wildman–Crippen MR) is 62.6 cm³/mol. The first kappa shape index (κ1) is 9.66. The van der Waals surface area contributed by atoms with Crippen LogP contribution in [0.3, 0.4) is 0 Å². The van der Waals surface area contributed by atoms with E-state index in [0.29, 0.717) is 6.10 Å². The van der Waals surface area contributed by atoms with Gasteiger partial charge in [0.1, 0.15) is 11.9 Å². The normalized spacial score (nSPS) is 20.4. The average Bonchev–Trinajstić information content (AvgIpc) is 2.90. The van der Waals surface area contributed by atoms with Crippen molar-refractivity contribution < 1.29 is 4.74 Å². The summed E-state index contributed by atoms with van der Waals surface area (Å²) >= 11 is 0. The van der Waals surface area contributed by atoms with E-state index in [1.807, 2.05) is 30.1 Å². The smallest absolute Gasteiger partial charge is 0.122 e. The highest BCUT2D eigenvalue weighted by Crippen LogP contribution is 2.21. The molecule has 2 aromatic rings. The number of rotatable bonds is 2. The Morgan fingerprint density at radius 1 is 1.50 bits per heavy atom. The van der Waals surface area contributed by atoms with Crippen LogP contribution in [0.5, 0.6) is 5.75 Å². The maximum absolute atomic E-state index is 5.88. The van der Waals surface area contributed by atoms with Crippen molar-refractivity contribution >= 4 is 11.0 Å². The molecule has 4 heteroatoms. The standard InChI is InChI=1S/C12H15N3O/c1-15-8-14-11-6-9(2-3-12(11)15)16-10-4-5-13-7-10/h2-3,6,8,10,13H,4-5,7H2,1H3. The SMILES string of the molecule is Cn1cnc2cc(OC3CCNC3)ccc21. The third kappa shape index (κ3) is 1.65. The van der Waals surface area contributed by atoms with Crippen LogP contribution in [0, 0.1) is 0 Å². The van der Waals surface area contributed by atoms with Crippen LogP contribution in [0.1, 0.15) is 6.42 Å². The van der Waals surface area contributed by atoms with E-state index in [-0.39, 0.29) is 0 Å². The molecule has 16 heavy (non-hydrogen) atoms. The van der Waals surface area contributed by atoms with Crippen molar-refractivity contribution in [3.8, 4) is 5.75 Å². The van der Waals surface area contributed by atoms with Crippen molar-refractivity contribution in [3.63, 3.8) is 0 Å². The monoisotopic (exact) mass is 217 g/mol. The van der Waals surface area contributed by atoms with Crippen molar-refractivity contribution in [2.45, 2.75) is 12.5 Å². The number of nitrogens with zero attached hydrogens (tertiary/aromatic N) is 2. The Bertz CT molecular complexity index is 500. The van der Waals surface area contributed by atoms with E-state index >= 15 is 0 Å². The van der Waals surface area contributed by atoms with Crippen LogP contribution in [-0.4, -0.2) is 28.7 Å². The molecular weight excluding hydrogens is 202 g/mol. The lowest BCUT2D eigenvalue weighted by molar-refractivity contribution is 0.223. The first-order valence-corrected chi connectivity index (χ1v) is 5.61. The minimum absolute atomic E-state index is 0.307. The summed E-state index contributed by atoms with van der Waals surface area (Å²) in [5.74, 6) is 0.917. The zero-order valence-electron chi connectivity index (χ0n) is 9.31. The molecule has 4 nitrogen and oxygen atoms in total. The lowest BCUT2D eigenvalue weighted by atomic mass is 10.2. The van der Waals surface area contributed by atoms with Crippen molar-refractivity contribution in [2.24, 2.45) is 7.05 Å². The van der Waals surface area contributed by atoms with Crippen LogP contribution >= 0.6 is 0 Å². The third-order valence-corrected chi connectivity index (χ3v) is 3.01. The molecule has 2 heterocycles. The fourth-order valence-corrected chi connectivity index (χ4v) is 2.11. The third-order valence-electron chi connectivity index (χ3n) is 3.01. The highest BCUT2D eigenvalue weighted by atomic mass is 16.5. The van der Waals surface area contributed by atoms with Gasteiger partial charge in [-0.3, -0.25) is 0 Å². The number of aryl methyl sites for hydroxylation is 1. The summed E-state index contributed by atoms with van der Waals surface area (Å²) in [6.45, 7) is 2.00. The molecule has 1 saturated heterocycles. The second-order valence-electron chi connectivity index (χ2n) is 4.24. The second-order valence-corrected chi connectivity index (χ2v) is 4.24. The molecule has 1 aliphatic rings. The Hall–Kier alpha value is -1.55. The molecule has 0 bridgehead atoms. The fourth-order valence-electron chi connectivity index (χ4n) is 2.11. The Labute approximate surface area is 94.2 Å². The van der Waals surface area contributed by atoms with Gasteiger partial charge in [0.05, 0.1) is 17.4 Å². The van der Waals surface area contributed by atoms with Gasteiger partial charge in [-0.25, -0.2) is 4.98 Å². The highest BCUT2D eigenvalue weighted by Gasteiger charge is 2.16. The van der Waals surface area contributed by atoms with Crippen molar-refractivity contribution in [1.82, 2.24) is 14.9 Å². The van der Waals surface area contributed by atoms with Gasteiger partial charge in [0.25, 0.3) is 0 Å². The number of imidazole rings is 1. The minimum atomic E-state index is 0.307. The van der Waals surface area contributed by atoms with Crippen molar-refractivity contribution in [3.05, 3.63) is 24.5 Å². The molecule has 0 saturated carbocycles. The topological polar surface area (TPSA) is 39.1 Å². The number of fused-ring (bicyclic) bond motifs is 1. The van der Waals surface area contributed by atoms with E-state index in [2.05, 4.69) is 16.4 Å². The molecule has 0 aliphatic carbocycles. The molecule has 0 radical (unpaired) electrons. The van der Waals surface area contributed by atoms with Gasteiger partial charge in [-0.15, -0.1) is 0 Å². The number of nitrogens with one attached hydrogen (secondary N) is 1. The lowest BCUT2D eigenvalue weighted by Gasteiger charge is -2.12. The molecule has 0 amide bonds. The summed E-state index contributed by atoms with van der Waals surface area (Å²) in [4.78, 5) is 4.32. The first-order valence-electron chi connectivity index (χ1n) is 5.61. The Balaban J connectivity index is 1.87. The van der Waals surface area contributed by atoms with Crippen molar-refractivity contribution in [1.29, 1.82) is 0 Å². The van der Waals surface area contributed by atoms with Gasteiger partial charge in [0, 0.05) is 19.7 Å². The van der Waals surface area contributed by atoms with Gasteiger partial charge >= 0.3 is 0 Å². The molecule has 1 aromatic carbocycles. The summed E-state index contributed by atoms with van der Waals surface area (Å²) in [7, 11) is 2.00. The molecule has 1 aliphatic heterocycles. The summed E-state index contributed by atoms with van der Waals surface area (Å²) in [5, 5.41) is 3.29. The minimum Gasteiger partial charge on any atom is -0.489 e. The van der Waals surface area contributed by atoms with E-state index in [1.165, 1.54) is 0 Å². The highest BCUT2D eigenvalue weighted by molar-refractivity contribution is 5.76. The van der Waals surface area contributed by atoms with Crippen LogP contribution < -0.4 is 10.1 Å². The number of hydrogen-bond donors (Lipinski definition) is 1. The summed E-state index contributed by atoms with van der Waals surface area (Å²) in [6.07, 6.45) is 3.22. The molecule has 1 aromatic heterocycles. The lowest BCUT2D eigenvalue weighted by Crippen LogP contribution is -2.19. The molecule has 84 valence electrons. The first-order chi connectivity index (χ1) is 7.83. The molecule has 1 unspecified atom stereocenters. The number of ether oxygens (including phenoxy) is 1. The van der Waals surface area contributed by atoms with E-state index in [0.717, 1.165) is 36.3 Å². The van der Waals surface area contributed by atoms with E-state index in [4.69, 9.17) is 4.74 Å². The fraction of sp³-hybridized carbons (Fsp3) is 0.417. The number of aromatic nitrogens is 2. The summed E-state index contributed by atoms with van der Waals surface area (Å²) < 4.78 is 7.89. The summed E-state index contributed by atoms with van der Waals surface area (Å²) in [5.41, 5.74) is 2.13. The molecule has 1 N–H and O–H groups in total. The van der Waals surface area contributed by atoms with E-state index in [1.54, 1.807) is 0 Å². The van der Waals surface area contributed by atoms with Gasteiger partial charge in [-0.2, -0.15) is 0 Å². The van der Waals surface area contributed by atoms with Crippen LogP contribution in [0.2, 0.25) is 0 Å². The van der Waals surface area contributed by atoms with Crippen LogP contribution in [-0.2, 0) is 7.05 Å². The van der Waals surface area contributed by atoms with Gasteiger partial charge in [-0.1, -0.05) is 0 Å². The second kappa shape index (κ2) is 3.79. The van der Waals surface area contributed by atoms with Gasteiger partial charge in [-0.05, 0) is 25.1 Å². The maximum Gasteiger partial charge on any atom is 0.122 e. The van der Waals surface area contributed by atoms with Gasteiger partial charge in [0.15, 0.2) is 0 Å². The van der Waals surface area contributed by atoms with Gasteiger partial charge in [0.2, 0.25) is 0 Å². The van der Waals surface area contributed by atoms with Crippen LogP contribution in [0.4, 0.5) is 0 Å². The summed E-state index contributed by atoms with van der Waals surface area (Å²) in [6, 6.07) is 6.08. The number of hydrogen-bond acceptors (Lipinski definition) is 3.